The fraction of sp³-hybridized carbons (Fsp3) is 0.833. The summed E-state index contributed by atoms with van der Waals surface area (Å²) in [6, 6.07) is 0.837. The van der Waals surface area contributed by atoms with Gasteiger partial charge in [0, 0.05) is 30.2 Å². The van der Waals surface area contributed by atoms with Gasteiger partial charge < -0.3 is 40.2 Å². The second-order valence-electron chi connectivity index (χ2n) is 14.6. The zero-order valence-electron chi connectivity index (χ0n) is 29.0. The number of hydrogen-bond donors (Lipinski definition) is 4. The summed E-state index contributed by atoms with van der Waals surface area (Å²) in [4.78, 5) is 48.2. The lowest BCUT2D eigenvalue weighted by Crippen LogP contribution is -2.41. The predicted molar refractivity (Wildman–Crippen MR) is 181 cm³/mol. The van der Waals surface area contributed by atoms with Gasteiger partial charge in [-0.2, -0.15) is 0 Å². The number of hydrogen-bond acceptors (Lipinski definition) is 9. The molecule has 8 unspecified atom stereocenters. The lowest BCUT2D eigenvalue weighted by molar-refractivity contribution is -0.138. The Hall–Kier alpha value is -3.02. The lowest BCUT2D eigenvalue weighted by atomic mass is 9.75. The third kappa shape index (κ3) is 13.8. The molecule has 0 spiro atoms. The van der Waals surface area contributed by atoms with Crippen LogP contribution in [-0.4, -0.2) is 75.5 Å². The molecule has 48 heavy (non-hydrogen) atoms. The van der Waals surface area contributed by atoms with Crippen LogP contribution in [0.5, 0.6) is 0 Å². The van der Waals surface area contributed by atoms with E-state index in [2.05, 4.69) is 34.9 Å². The molecular weight excluding hydrogens is 616 g/mol. The average molecular weight is 677 g/mol. The highest BCUT2D eigenvalue weighted by Crippen LogP contribution is 2.37. The maximum Gasteiger partial charge on any atom is 0.410 e. The van der Waals surface area contributed by atoms with E-state index in [9.17, 15) is 19.2 Å². The Kier molecular flexibility index (Phi) is 16.1. The number of nitrogens with one attached hydrogen (secondary N) is 4. The molecule has 0 radical (unpaired) electrons. The molecule has 0 aromatic carbocycles. The first-order valence-corrected chi connectivity index (χ1v) is 18.6. The van der Waals surface area contributed by atoms with Gasteiger partial charge in [0.15, 0.2) is 0 Å². The van der Waals surface area contributed by atoms with Crippen molar-refractivity contribution < 1.29 is 38.1 Å². The van der Waals surface area contributed by atoms with Gasteiger partial charge in [-0.3, -0.25) is 0 Å². The molecule has 0 bridgehead atoms. The normalized spacial score (nSPS) is 30.6. The number of carbonyl (C=O) groups excluding carboxylic acids is 4. The van der Waals surface area contributed by atoms with Gasteiger partial charge in [-0.05, 0) is 94.9 Å². The average Bonchev–Trinajstić information content (AvgIpc) is 3.07. The molecule has 4 fully saturated rings. The molecule has 12 nitrogen and oxygen atoms in total. The molecule has 0 aromatic rings. The summed E-state index contributed by atoms with van der Waals surface area (Å²) < 4.78 is 20.4. The quantitative estimate of drug-likeness (QED) is 0.0563. The van der Waals surface area contributed by atoms with E-state index in [1.54, 1.807) is 0 Å². The third-order valence-corrected chi connectivity index (χ3v) is 10.9. The van der Waals surface area contributed by atoms with Crippen molar-refractivity contribution in [2.45, 2.75) is 140 Å². The van der Waals surface area contributed by atoms with Gasteiger partial charge in [-0.15, -0.1) is 0 Å². The summed E-state index contributed by atoms with van der Waals surface area (Å²) in [5.74, 6) is 1.85. The highest BCUT2D eigenvalue weighted by molar-refractivity contribution is 5.81. The largest absolute Gasteiger partial charge is 0.459 e. The molecule has 4 aliphatic rings. The number of ether oxygens (including phenoxy) is 4. The fourth-order valence-corrected chi connectivity index (χ4v) is 8.72. The van der Waals surface area contributed by atoms with E-state index < -0.39 is 31.0 Å². The maximum absolute atomic E-state index is 12.5. The molecule has 8 atom stereocenters. The van der Waals surface area contributed by atoms with Crippen molar-refractivity contribution in [3.63, 3.8) is 0 Å². The van der Waals surface area contributed by atoms with E-state index in [-0.39, 0.29) is 31.3 Å². The molecule has 0 aromatic heterocycles. The Bertz CT molecular complexity index is 1040. The summed E-state index contributed by atoms with van der Waals surface area (Å²) in [6.45, 7) is 2.92. The minimum atomic E-state index is -0.557. The summed E-state index contributed by atoms with van der Waals surface area (Å²) in [5.41, 5.74) is 0. The summed E-state index contributed by atoms with van der Waals surface area (Å²) in [5, 5.41) is 12.4. The zero-order chi connectivity index (χ0) is 34.1. The Labute approximate surface area is 286 Å². The van der Waals surface area contributed by atoms with Crippen molar-refractivity contribution in [2.24, 2.45) is 23.7 Å². The van der Waals surface area contributed by atoms with Gasteiger partial charge in [0.1, 0.15) is 13.2 Å². The van der Waals surface area contributed by atoms with Crippen LogP contribution in [-0.2, 0) is 23.7 Å². The van der Waals surface area contributed by atoms with Crippen LogP contribution in [0.2, 0.25) is 0 Å². The molecule has 0 heterocycles. The van der Waals surface area contributed by atoms with Crippen LogP contribution in [0, 0.1) is 23.7 Å². The molecule has 0 aliphatic heterocycles. The van der Waals surface area contributed by atoms with E-state index >= 15 is 0 Å². The molecule has 4 rings (SSSR count). The third-order valence-electron chi connectivity index (χ3n) is 10.9. The van der Waals surface area contributed by atoms with Gasteiger partial charge in [-0.25, -0.2) is 19.2 Å². The molecule has 3 amide bonds. The molecule has 12 heteroatoms. The van der Waals surface area contributed by atoms with Gasteiger partial charge in [-0.1, -0.05) is 57.9 Å². The number of alkyl carbamates (subject to hydrolysis) is 3. The number of esters is 1. The Balaban J connectivity index is 1.06. The zero-order valence-corrected chi connectivity index (χ0v) is 29.0. The summed E-state index contributed by atoms with van der Waals surface area (Å²) in [7, 11) is 2.06. The number of amides is 3. The standard InChI is InChI=1S/C36H60N4O8/c1-3-33(41)45-16-17-46-34(42)38-30-13-5-10-27(21-30)19-28-11-7-15-32(23-28)40-36(44)48-24-47-35(43)39-31-14-6-9-26(22-31)18-25-8-4-12-29(20-25)37-2/h3,25-32,37H,1,4-24H2,2H3,(H,38,42)(H,39,43)(H,40,44). The van der Waals surface area contributed by atoms with E-state index in [1.807, 2.05) is 0 Å². The van der Waals surface area contributed by atoms with Crippen molar-refractivity contribution in [3.05, 3.63) is 12.7 Å². The maximum atomic E-state index is 12.5. The van der Waals surface area contributed by atoms with Crippen molar-refractivity contribution in [2.75, 3.05) is 27.1 Å². The highest BCUT2D eigenvalue weighted by Gasteiger charge is 2.31. The van der Waals surface area contributed by atoms with Gasteiger partial charge in [0.2, 0.25) is 6.79 Å². The Morgan fingerprint density at radius 1 is 0.562 bits per heavy atom. The fourth-order valence-electron chi connectivity index (χ4n) is 8.72. The van der Waals surface area contributed by atoms with Crippen molar-refractivity contribution in [1.82, 2.24) is 21.3 Å². The number of rotatable bonds is 14. The van der Waals surface area contributed by atoms with E-state index in [0.29, 0.717) is 23.8 Å². The summed E-state index contributed by atoms with van der Waals surface area (Å²) in [6.07, 6.45) is 19.1. The lowest BCUT2D eigenvalue weighted by Gasteiger charge is -2.35. The molecular formula is C36H60N4O8. The van der Waals surface area contributed by atoms with Crippen LogP contribution in [0.1, 0.15) is 116 Å². The van der Waals surface area contributed by atoms with Crippen LogP contribution in [0.4, 0.5) is 14.4 Å². The minimum Gasteiger partial charge on any atom is -0.459 e. The van der Waals surface area contributed by atoms with Gasteiger partial charge in [0.05, 0.1) is 0 Å². The van der Waals surface area contributed by atoms with Crippen LogP contribution < -0.4 is 21.3 Å². The molecule has 4 saturated carbocycles. The molecule has 272 valence electrons. The SMILES string of the molecule is C=CC(=O)OCCOC(=O)NC1CCCC(CC2CCCC(NC(=O)OCOC(=O)NC3CCCC(CC4CCCC(NC)C4)C3)C2)C1. The van der Waals surface area contributed by atoms with Gasteiger partial charge in [0.25, 0.3) is 0 Å². The van der Waals surface area contributed by atoms with Crippen LogP contribution in [0.25, 0.3) is 0 Å². The predicted octanol–water partition coefficient (Wildman–Crippen LogP) is 6.09. The highest BCUT2D eigenvalue weighted by atomic mass is 16.7. The van der Waals surface area contributed by atoms with Crippen molar-refractivity contribution in [1.29, 1.82) is 0 Å². The Morgan fingerprint density at radius 3 is 1.35 bits per heavy atom. The van der Waals surface area contributed by atoms with E-state index in [1.165, 1.54) is 38.5 Å². The molecule has 4 N–H and O–H groups in total. The second-order valence-corrected chi connectivity index (χ2v) is 14.6. The van der Waals surface area contributed by atoms with Crippen molar-refractivity contribution >= 4 is 24.2 Å². The first-order valence-electron chi connectivity index (χ1n) is 18.6. The first-order chi connectivity index (χ1) is 23.3. The van der Waals surface area contributed by atoms with E-state index in [0.717, 1.165) is 89.0 Å². The van der Waals surface area contributed by atoms with E-state index in [4.69, 9.17) is 18.9 Å². The molecule has 4 aliphatic carbocycles. The van der Waals surface area contributed by atoms with Crippen molar-refractivity contribution in [3.8, 4) is 0 Å². The summed E-state index contributed by atoms with van der Waals surface area (Å²) >= 11 is 0. The molecule has 0 saturated heterocycles. The van der Waals surface area contributed by atoms with Crippen LogP contribution >= 0.6 is 0 Å². The van der Waals surface area contributed by atoms with Gasteiger partial charge >= 0.3 is 24.2 Å². The Morgan fingerprint density at radius 2 is 0.938 bits per heavy atom. The number of carbonyl (C=O) groups is 4. The topological polar surface area (TPSA) is 153 Å². The monoisotopic (exact) mass is 676 g/mol. The van der Waals surface area contributed by atoms with Crippen LogP contribution in [0.15, 0.2) is 12.7 Å². The first kappa shape index (κ1) is 37.8. The second kappa shape index (κ2) is 20.5. The van der Waals surface area contributed by atoms with Crippen LogP contribution in [0.3, 0.4) is 0 Å². The minimum absolute atomic E-state index is 0.000962. The smallest absolute Gasteiger partial charge is 0.410 e.